The number of hydrogen-bond donors (Lipinski definition) is 0. The van der Waals surface area contributed by atoms with E-state index in [0.717, 1.165) is 13.1 Å². The average Bonchev–Trinajstić information content (AvgIpc) is 3.42. The number of hydroxylamine groups is 2. The highest BCUT2D eigenvalue weighted by Crippen LogP contribution is 2.42. The fraction of sp³-hybridized carbons (Fsp3) is 0.400. The molecular formula is C20H24N4OS. The van der Waals surface area contributed by atoms with Gasteiger partial charge in [-0.3, -0.25) is 4.84 Å². The van der Waals surface area contributed by atoms with Crippen molar-refractivity contribution in [1.82, 2.24) is 19.4 Å². The number of fused-ring (bicyclic) bond motifs is 2. The van der Waals surface area contributed by atoms with E-state index < -0.39 is 0 Å². The summed E-state index contributed by atoms with van der Waals surface area (Å²) in [6.07, 6.45) is 9.02. The summed E-state index contributed by atoms with van der Waals surface area (Å²) in [6, 6.07) is 9.05. The van der Waals surface area contributed by atoms with Crippen LogP contribution in [-0.2, 0) is 11.4 Å². The molecular weight excluding hydrogens is 344 g/mol. The van der Waals surface area contributed by atoms with Gasteiger partial charge in [0.1, 0.15) is 0 Å². The lowest BCUT2D eigenvalue weighted by Crippen LogP contribution is -2.30. The smallest absolute Gasteiger partial charge is 0.182 e. The summed E-state index contributed by atoms with van der Waals surface area (Å²) in [6.45, 7) is 4.75. The average molecular weight is 369 g/mol. The van der Waals surface area contributed by atoms with E-state index >= 15 is 0 Å². The summed E-state index contributed by atoms with van der Waals surface area (Å²) in [5.41, 5.74) is 4.00. The molecule has 0 N–H and O–H groups in total. The van der Waals surface area contributed by atoms with Crippen LogP contribution in [0.3, 0.4) is 0 Å². The molecule has 0 saturated carbocycles. The van der Waals surface area contributed by atoms with Gasteiger partial charge in [0.15, 0.2) is 5.50 Å². The molecule has 26 heavy (non-hydrogen) atoms. The van der Waals surface area contributed by atoms with E-state index in [-0.39, 0.29) is 5.50 Å². The first-order chi connectivity index (χ1) is 12.8. The number of benzene rings is 1. The van der Waals surface area contributed by atoms with E-state index in [1.165, 1.54) is 48.1 Å². The summed E-state index contributed by atoms with van der Waals surface area (Å²) in [5, 5.41) is 5.41. The Bertz CT molecular complexity index is 868. The van der Waals surface area contributed by atoms with Crippen LogP contribution < -0.4 is 0 Å². The second-order valence-corrected chi connectivity index (χ2v) is 7.97. The Morgan fingerprint density at radius 3 is 2.85 bits per heavy atom. The quantitative estimate of drug-likeness (QED) is 0.801. The maximum atomic E-state index is 5.40. The molecule has 5 nitrogen and oxygen atoms in total. The van der Waals surface area contributed by atoms with E-state index in [1.807, 2.05) is 11.3 Å². The first-order valence-electron chi connectivity index (χ1n) is 9.30. The summed E-state index contributed by atoms with van der Waals surface area (Å²) in [4.78, 5) is 10.2. The Hall–Kier alpha value is -1.89. The van der Waals surface area contributed by atoms with Crippen LogP contribution in [0.2, 0.25) is 0 Å². The monoisotopic (exact) mass is 368 g/mol. The topological polar surface area (TPSA) is 23.9 Å². The number of rotatable bonds is 5. The van der Waals surface area contributed by atoms with Crippen LogP contribution in [0.4, 0.5) is 0 Å². The van der Waals surface area contributed by atoms with Crippen molar-refractivity contribution in [3.63, 3.8) is 0 Å². The zero-order chi connectivity index (χ0) is 17.5. The molecule has 1 atom stereocenters. The van der Waals surface area contributed by atoms with Crippen molar-refractivity contribution in [2.45, 2.75) is 24.9 Å². The van der Waals surface area contributed by atoms with Gasteiger partial charge >= 0.3 is 0 Å². The molecule has 1 fully saturated rings. The normalized spacial score (nSPS) is 22.7. The minimum Gasteiger partial charge on any atom is -0.346 e. The first kappa shape index (κ1) is 16.3. The van der Waals surface area contributed by atoms with Crippen molar-refractivity contribution in [3.05, 3.63) is 53.8 Å². The van der Waals surface area contributed by atoms with Gasteiger partial charge in [0.05, 0.1) is 12.8 Å². The number of likely N-dealkylation sites (tertiary alicyclic amines) is 1. The maximum absolute atomic E-state index is 5.40. The van der Waals surface area contributed by atoms with Gasteiger partial charge in [-0.25, -0.2) is 5.06 Å². The standard InChI is InChI=1S/C20H24N4OS/c1-25-24-13-12-23-19(15-26-20(23)24)16-4-5-18-17(14-16)6-9-22(18)11-10-21-7-2-3-8-21/h4-6,9,12-15,20H,2-3,7-8,10-11H2,1H3. The predicted molar refractivity (Wildman–Crippen MR) is 107 cm³/mol. The zero-order valence-corrected chi connectivity index (χ0v) is 15.9. The molecule has 6 heteroatoms. The van der Waals surface area contributed by atoms with Gasteiger partial charge in [0, 0.05) is 42.6 Å². The molecule has 5 rings (SSSR count). The fourth-order valence-corrected chi connectivity index (χ4v) is 5.20. The molecule has 136 valence electrons. The van der Waals surface area contributed by atoms with Crippen molar-refractivity contribution in [2.75, 3.05) is 26.7 Å². The Labute approximate surface area is 158 Å². The third-order valence-electron chi connectivity index (χ3n) is 5.54. The van der Waals surface area contributed by atoms with Crippen LogP contribution in [0.25, 0.3) is 16.6 Å². The maximum Gasteiger partial charge on any atom is 0.182 e. The van der Waals surface area contributed by atoms with E-state index in [0.29, 0.717) is 0 Å². The van der Waals surface area contributed by atoms with Crippen LogP contribution in [0.1, 0.15) is 18.4 Å². The van der Waals surface area contributed by atoms with Gasteiger partial charge in [-0.1, -0.05) is 17.8 Å². The highest BCUT2D eigenvalue weighted by atomic mass is 32.2. The van der Waals surface area contributed by atoms with Crippen molar-refractivity contribution >= 4 is 28.4 Å². The number of hydrogen-bond acceptors (Lipinski definition) is 5. The number of thioether (sulfide) groups is 1. The third kappa shape index (κ3) is 2.73. The SMILES string of the molecule is CON1C=CN2C(c3ccc4c(ccn4CCN4CCCC4)c3)=CSC12. The molecule has 0 bridgehead atoms. The van der Waals surface area contributed by atoms with Gasteiger partial charge in [-0.2, -0.15) is 0 Å². The van der Waals surface area contributed by atoms with Crippen molar-refractivity contribution in [3.8, 4) is 0 Å². The highest BCUT2D eigenvalue weighted by Gasteiger charge is 2.34. The lowest BCUT2D eigenvalue weighted by atomic mass is 10.1. The molecule has 3 aliphatic rings. The Kier molecular flexibility index (Phi) is 4.19. The Balaban J connectivity index is 1.35. The number of nitrogens with zero attached hydrogens (tertiary/aromatic N) is 4. The van der Waals surface area contributed by atoms with Crippen molar-refractivity contribution in [2.24, 2.45) is 0 Å². The van der Waals surface area contributed by atoms with Gasteiger partial charge < -0.3 is 14.4 Å². The molecule has 0 aliphatic carbocycles. The minimum absolute atomic E-state index is 0.177. The predicted octanol–water partition coefficient (Wildman–Crippen LogP) is 3.72. The summed E-state index contributed by atoms with van der Waals surface area (Å²) < 4.78 is 2.39. The molecule has 1 saturated heterocycles. The van der Waals surface area contributed by atoms with Crippen molar-refractivity contribution < 1.29 is 4.84 Å². The molecule has 3 aliphatic heterocycles. The lowest BCUT2D eigenvalue weighted by molar-refractivity contribution is -0.103. The lowest BCUT2D eigenvalue weighted by Gasteiger charge is -2.25. The Morgan fingerprint density at radius 1 is 1.12 bits per heavy atom. The fourth-order valence-electron chi connectivity index (χ4n) is 4.10. The van der Waals surface area contributed by atoms with Crippen LogP contribution in [-0.4, -0.2) is 51.7 Å². The molecule has 1 unspecified atom stereocenters. The van der Waals surface area contributed by atoms with Gasteiger partial charge in [-0.15, -0.1) is 0 Å². The van der Waals surface area contributed by atoms with E-state index in [1.54, 1.807) is 18.9 Å². The van der Waals surface area contributed by atoms with E-state index in [9.17, 15) is 0 Å². The second-order valence-electron chi connectivity index (χ2n) is 7.04. The molecule has 4 heterocycles. The molecule has 2 aromatic rings. The Morgan fingerprint density at radius 2 is 2.00 bits per heavy atom. The van der Waals surface area contributed by atoms with Crippen LogP contribution in [0.5, 0.6) is 0 Å². The third-order valence-corrected chi connectivity index (χ3v) is 6.58. The summed E-state index contributed by atoms with van der Waals surface area (Å²) in [7, 11) is 1.71. The highest BCUT2D eigenvalue weighted by molar-refractivity contribution is 8.03. The van der Waals surface area contributed by atoms with Gasteiger partial charge in [0.25, 0.3) is 0 Å². The molecule has 0 spiro atoms. The minimum atomic E-state index is 0.177. The van der Waals surface area contributed by atoms with Gasteiger partial charge in [-0.05, 0) is 55.1 Å². The molecule has 0 radical (unpaired) electrons. The molecule has 1 aromatic heterocycles. The van der Waals surface area contributed by atoms with Gasteiger partial charge in [0.2, 0.25) is 0 Å². The first-order valence-corrected chi connectivity index (χ1v) is 10.2. The van der Waals surface area contributed by atoms with Crippen LogP contribution in [0, 0.1) is 0 Å². The zero-order valence-electron chi connectivity index (χ0n) is 15.0. The van der Waals surface area contributed by atoms with E-state index in [2.05, 4.69) is 56.4 Å². The summed E-state index contributed by atoms with van der Waals surface area (Å²) in [5.74, 6) is 0. The number of aromatic nitrogens is 1. The molecule has 1 aromatic carbocycles. The largest absolute Gasteiger partial charge is 0.346 e. The van der Waals surface area contributed by atoms with Crippen LogP contribution in [0.15, 0.2) is 48.3 Å². The van der Waals surface area contributed by atoms with Crippen LogP contribution >= 0.6 is 11.8 Å². The molecule has 0 amide bonds. The van der Waals surface area contributed by atoms with Crippen molar-refractivity contribution in [1.29, 1.82) is 0 Å². The van der Waals surface area contributed by atoms with E-state index in [4.69, 9.17) is 4.84 Å². The summed E-state index contributed by atoms with van der Waals surface area (Å²) >= 11 is 1.77. The second kappa shape index (κ2) is 6.68.